The van der Waals surface area contributed by atoms with Gasteiger partial charge in [-0.05, 0) is 50.6 Å². The molecule has 33 heavy (non-hydrogen) atoms. The zero-order valence-electron chi connectivity index (χ0n) is 19.1. The maximum atomic E-state index is 5.79. The van der Waals surface area contributed by atoms with Gasteiger partial charge in [0.25, 0.3) is 0 Å². The van der Waals surface area contributed by atoms with Crippen LogP contribution in [0.3, 0.4) is 0 Å². The number of nitrogens with zero attached hydrogens (tertiary/aromatic N) is 4. The lowest BCUT2D eigenvalue weighted by atomic mass is 9.93. The molecule has 5 rings (SSSR count). The topological polar surface area (TPSA) is 81.6 Å². The van der Waals surface area contributed by atoms with E-state index in [1.165, 1.54) is 0 Å². The predicted molar refractivity (Wildman–Crippen MR) is 126 cm³/mol. The second kappa shape index (κ2) is 9.62. The molecule has 0 bridgehead atoms. The molecule has 8 heteroatoms. The summed E-state index contributed by atoms with van der Waals surface area (Å²) in [5, 5.41) is 3.30. The minimum absolute atomic E-state index is 0.360. The number of ether oxygens (including phenoxy) is 3. The molecule has 1 saturated heterocycles. The fourth-order valence-electron chi connectivity index (χ4n) is 4.58. The Morgan fingerprint density at radius 1 is 1.09 bits per heavy atom. The molecule has 3 aromatic rings. The van der Waals surface area contributed by atoms with Gasteiger partial charge in [-0.1, -0.05) is 0 Å². The number of hydrogen-bond acceptors (Lipinski definition) is 8. The Kier molecular flexibility index (Phi) is 6.26. The van der Waals surface area contributed by atoms with Gasteiger partial charge in [-0.25, -0.2) is 9.97 Å². The van der Waals surface area contributed by atoms with E-state index in [2.05, 4.69) is 32.3 Å². The van der Waals surface area contributed by atoms with Crippen molar-refractivity contribution >= 4 is 11.6 Å². The summed E-state index contributed by atoms with van der Waals surface area (Å²) in [4.78, 5) is 15.9. The van der Waals surface area contributed by atoms with E-state index in [1.807, 2.05) is 25.1 Å². The molecule has 8 nitrogen and oxygen atoms in total. The van der Waals surface area contributed by atoms with Crippen LogP contribution in [0.1, 0.15) is 35.7 Å². The van der Waals surface area contributed by atoms with Gasteiger partial charge < -0.3 is 19.5 Å². The molecule has 0 saturated carbocycles. The Bertz CT molecular complexity index is 1110. The van der Waals surface area contributed by atoms with Crippen LogP contribution < -0.4 is 19.5 Å². The summed E-state index contributed by atoms with van der Waals surface area (Å²) in [5.74, 6) is 3.34. The summed E-state index contributed by atoms with van der Waals surface area (Å²) in [7, 11) is 1.70. The lowest BCUT2D eigenvalue weighted by molar-refractivity contribution is 0.168. The number of piperidine rings is 1. The van der Waals surface area contributed by atoms with Crippen molar-refractivity contribution < 1.29 is 14.2 Å². The van der Waals surface area contributed by atoms with Crippen LogP contribution >= 0.6 is 0 Å². The summed E-state index contributed by atoms with van der Waals surface area (Å²) in [5.41, 5.74) is 4.17. The number of hydrogen-bond donors (Lipinski definition) is 1. The molecule has 2 aliphatic heterocycles. The number of likely N-dealkylation sites (tertiary alicyclic amines) is 1. The number of benzene rings is 1. The molecule has 0 unspecified atom stereocenters. The first-order valence-electron chi connectivity index (χ1n) is 11.4. The first kappa shape index (κ1) is 21.5. The molecule has 1 atom stereocenters. The van der Waals surface area contributed by atoms with Gasteiger partial charge in [-0.3, -0.25) is 9.88 Å². The lowest BCUT2D eigenvalue weighted by Gasteiger charge is -2.33. The second-order valence-corrected chi connectivity index (χ2v) is 8.50. The van der Waals surface area contributed by atoms with Crippen molar-refractivity contribution in [2.75, 3.05) is 38.7 Å². The third-order valence-corrected chi connectivity index (χ3v) is 6.06. The number of methoxy groups -OCH3 is 1. The van der Waals surface area contributed by atoms with E-state index in [4.69, 9.17) is 19.2 Å². The van der Waals surface area contributed by atoms with Crippen LogP contribution in [0.25, 0.3) is 0 Å². The van der Waals surface area contributed by atoms with E-state index < -0.39 is 0 Å². The van der Waals surface area contributed by atoms with Gasteiger partial charge in [0.2, 0.25) is 5.95 Å². The SMILES string of the molecule is COc1cc2c(cc1CN1CCC[C@H](c3cc(Nc4ncccn4)cc(C)n3)C1)OCCO2. The highest BCUT2D eigenvalue weighted by molar-refractivity contribution is 5.54. The van der Waals surface area contributed by atoms with Crippen molar-refractivity contribution in [2.24, 2.45) is 0 Å². The van der Waals surface area contributed by atoms with Crippen LogP contribution in [-0.2, 0) is 6.54 Å². The van der Waals surface area contributed by atoms with Crippen LogP contribution in [-0.4, -0.2) is 53.3 Å². The summed E-state index contributed by atoms with van der Waals surface area (Å²) in [6, 6.07) is 9.96. The molecule has 0 spiro atoms. The van der Waals surface area contributed by atoms with Gasteiger partial charge in [0, 0.05) is 60.1 Å². The average Bonchev–Trinajstić information content (AvgIpc) is 2.84. The Morgan fingerprint density at radius 2 is 1.88 bits per heavy atom. The molecule has 4 heterocycles. The van der Waals surface area contributed by atoms with Crippen LogP contribution in [0, 0.1) is 6.92 Å². The molecule has 2 aliphatic rings. The Morgan fingerprint density at radius 3 is 2.67 bits per heavy atom. The van der Waals surface area contributed by atoms with Gasteiger partial charge in [0.05, 0.1) is 7.11 Å². The van der Waals surface area contributed by atoms with E-state index in [0.717, 1.165) is 72.4 Å². The number of nitrogens with one attached hydrogen (secondary N) is 1. The maximum absolute atomic E-state index is 5.79. The van der Waals surface area contributed by atoms with Gasteiger partial charge in [0.1, 0.15) is 19.0 Å². The highest BCUT2D eigenvalue weighted by atomic mass is 16.6. The number of aryl methyl sites for hydroxylation is 1. The molecule has 0 amide bonds. The Labute approximate surface area is 193 Å². The number of pyridine rings is 1. The minimum Gasteiger partial charge on any atom is -0.496 e. The lowest BCUT2D eigenvalue weighted by Crippen LogP contribution is -2.34. The summed E-state index contributed by atoms with van der Waals surface area (Å²) < 4.78 is 17.2. The quantitative estimate of drug-likeness (QED) is 0.605. The zero-order valence-corrected chi connectivity index (χ0v) is 19.1. The monoisotopic (exact) mass is 447 g/mol. The van der Waals surface area contributed by atoms with Gasteiger partial charge >= 0.3 is 0 Å². The fourth-order valence-corrected chi connectivity index (χ4v) is 4.58. The third-order valence-electron chi connectivity index (χ3n) is 6.06. The normalized spacial score (nSPS) is 18.1. The molecule has 172 valence electrons. The first-order valence-corrected chi connectivity index (χ1v) is 11.4. The molecule has 1 aromatic carbocycles. The van der Waals surface area contributed by atoms with Crippen LogP contribution in [0.15, 0.2) is 42.7 Å². The maximum Gasteiger partial charge on any atom is 0.227 e. The van der Waals surface area contributed by atoms with E-state index in [9.17, 15) is 0 Å². The van der Waals surface area contributed by atoms with Crippen LogP contribution in [0.4, 0.5) is 11.6 Å². The predicted octanol–water partition coefficient (Wildman–Crippen LogP) is 4.08. The number of fused-ring (bicyclic) bond motifs is 1. The van der Waals surface area contributed by atoms with Gasteiger partial charge in [0.15, 0.2) is 11.5 Å². The van der Waals surface area contributed by atoms with E-state index >= 15 is 0 Å². The van der Waals surface area contributed by atoms with Crippen molar-refractivity contribution in [2.45, 2.75) is 32.2 Å². The third kappa shape index (κ3) is 5.01. The average molecular weight is 448 g/mol. The van der Waals surface area contributed by atoms with E-state index in [-0.39, 0.29) is 0 Å². The zero-order chi connectivity index (χ0) is 22.6. The van der Waals surface area contributed by atoms with Gasteiger partial charge in [-0.2, -0.15) is 0 Å². The molecular weight excluding hydrogens is 418 g/mol. The highest BCUT2D eigenvalue weighted by Gasteiger charge is 2.25. The molecule has 1 fully saturated rings. The second-order valence-electron chi connectivity index (χ2n) is 8.50. The van der Waals surface area contributed by atoms with Crippen molar-refractivity contribution in [3.05, 3.63) is 59.7 Å². The van der Waals surface area contributed by atoms with E-state index in [0.29, 0.717) is 25.1 Å². The smallest absolute Gasteiger partial charge is 0.227 e. The van der Waals surface area contributed by atoms with Gasteiger partial charge in [-0.15, -0.1) is 0 Å². The molecule has 0 aliphatic carbocycles. The van der Waals surface area contributed by atoms with Crippen LogP contribution in [0.2, 0.25) is 0 Å². The van der Waals surface area contributed by atoms with Crippen molar-refractivity contribution in [3.8, 4) is 17.2 Å². The first-order chi connectivity index (χ1) is 16.2. The molecule has 0 radical (unpaired) electrons. The fraction of sp³-hybridized carbons (Fsp3) is 0.400. The Hall–Kier alpha value is -3.39. The molecule has 2 aromatic heterocycles. The van der Waals surface area contributed by atoms with Crippen molar-refractivity contribution in [1.29, 1.82) is 0 Å². The van der Waals surface area contributed by atoms with Crippen molar-refractivity contribution in [1.82, 2.24) is 19.9 Å². The Balaban J connectivity index is 1.32. The standard InChI is InChI=1S/C25H29N5O3/c1-17-11-20(29-25-26-6-4-7-27-25)13-21(28-17)18-5-3-8-30(15-18)16-19-12-23-24(14-22(19)31-2)33-10-9-32-23/h4,6-7,11-14,18H,3,5,8-10,15-16H2,1-2H3,(H,26,27,28,29)/t18-/m0/s1. The van der Waals surface area contributed by atoms with Crippen molar-refractivity contribution in [3.63, 3.8) is 0 Å². The molecule has 1 N–H and O–H groups in total. The number of aromatic nitrogens is 3. The number of anilines is 2. The number of rotatable bonds is 6. The summed E-state index contributed by atoms with van der Waals surface area (Å²) in [6.45, 7) is 5.96. The molecular formula is C25H29N5O3. The van der Waals surface area contributed by atoms with Crippen LogP contribution in [0.5, 0.6) is 17.2 Å². The summed E-state index contributed by atoms with van der Waals surface area (Å²) >= 11 is 0. The highest BCUT2D eigenvalue weighted by Crippen LogP contribution is 2.38. The minimum atomic E-state index is 0.360. The van der Waals surface area contributed by atoms with E-state index in [1.54, 1.807) is 19.5 Å². The summed E-state index contributed by atoms with van der Waals surface area (Å²) in [6.07, 6.45) is 5.70. The largest absolute Gasteiger partial charge is 0.496 e.